The van der Waals surface area contributed by atoms with Gasteiger partial charge in [-0.3, -0.25) is 19.0 Å². The van der Waals surface area contributed by atoms with Gasteiger partial charge in [-0.15, -0.1) is 0 Å². The number of fused-ring (bicyclic) bond motifs is 1. The van der Waals surface area contributed by atoms with E-state index in [1.807, 2.05) is 0 Å². The van der Waals surface area contributed by atoms with Crippen LogP contribution in [0.5, 0.6) is 0 Å². The van der Waals surface area contributed by atoms with Gasteiger partial charge in [-0.05, 0) is 60.5 Å². The molecule has 0 atom stereocenters. The average Bonchev–Trinajstić information content (AvgIpc) is 3.03. The summed E-state index contributed by atoms with van der Waals surface area (Å²) in [5.41, 5.74) is 2.23. The van der Waals surface area contributed by atoms with Crippen LogP contribution in [0.25, 0.3) is 5.69 Å². The molecule has 0 saturated heterocycles. The molecule has 4 rings (SSSR count). The molecule has 1 aliphatic heterocycles. The number of halogens is 1. The van der Waals surface area contributed by atoms with Crippen molar-refractivity contribution >= 4 is 17.5 Å². The van der Waals surface area contributed by atoms with Crippen LogP contribution in [0.2, 0.25) is 0 Å². The van der Waals surface area contributed by atoms with Crippen molar-refractivity contribution in [3.8, 4) is 5.69 Å². The topological polar surface area (TPSA) is 80.2 Å². The van der Waals surface area contributed by atoms with Gasteiger partial charge in [0.05, 0.1) is 0 Å². The number of hydrogen-bond acceptors (Lipinski definition) is 3. The van der Waals surface area contributed by atoms with Crippen LogP contribution in [-0.4, -0.2) is 16.4 Å². The summed E-state index contributed by atoms with van der Waals surface area (Å²) in [5, 5.41) is 5.40. The van der Waals surface area contributed by atoms with Crippen LogP contribution in [0.4, 0.5) is 10.1 Å². The minimum atomic E-state index is -0.572. The molecule has 0 spiro atoms. The van der Waals surface area contributed by atoms with Gasteiger partial charge in [0.1, 0.15) is 11.4 Å². The van der Waals surface area contributed by atoms with Gasteiger partial charge in [0.15, 0.2) is 0 Å². The molecular weight excluding hydrogens is 361 g/mol. The first-order valence-electron chi connectivity index (χ1n) is 8.65. The smallest absolute Gasteiger partial charge is 0.268 e. The van der Waals surface area contributed by atoms with Crippen molar-refractivity contribution in [3.05, 3.63) is 93.2 Å². The standard InChI is InChI=1S/C21H16FN3O3/c1-12-8-9-25(16-6-3-14(22)4-7-16)21(28)18(12)20(27)24-15-5-2-13-11-23-19(26)17(13)10-15/h2-10H,11H2,1H3,(H,23,26)(H,24,27). The monoisotopic (exact) mass is 377 g/mol. The second-order valence-corrected chi connectivity index (χ2v) is 6.53. The number of benzene rings is 2. The van der Waals surface area contributed by atoms with E-state index in [0.717, 1.165) is 5.56 Å². The average molecular weight is 377 g/mol. The molecule has 0 unspecified atom stereocenters. The zero-order valence-electron chi connectivity index (χ0n) is 15.0. The molecule has 1 aliphatic rings. The second-order valence-electron chi connectivity index (χ2n) is 6.53. The molecule has 7 heteroatoms. The first-order chi connectivity index (χ1) is 13.4. The van der Waals surface area contributed by atoms with Crippen LogP contribution in [0.15, 0.2) is 59.5 Å². The predicted molar refractivity (Wildman–Crippen MR) is 102 cm³/mol. The maximum Gasteiger partial charge on any atom is 0.268 e. The van der Waals surface area contributed by atoms with E-state index in [1.54, 1.807) is 37.4 Å². The van der Waals surface area contributed by atoms with E-state index in [1.165, 1.54) is 28.8 Å². The molecule has 3 aromatic rings. The van der Waals surface area contributed by atoms with Crippen LogP contribution in [-0.2, 0) is 6.54 Å². The number of hydrogen-bond donors (Lipinski definition) is 2. The fourth-order valence-corrected chi connectivity index (χ4v) is 3.19. The molecule has 28 heavy (non-hydrogen) atoms. The number of rotatable bonds is 3. The summed E-state index contributed by atoms with van der Waals surface area (Å²) in [6.45, 7) is 2.13. The Kier molecular flexibility index (Phi) is 4.27. The highest BCUT2D eigenvalue weighted by molar-refractivity contribution is 6.06. The Labute approximate surface area is 159 Å². The number of carbonyl (C=O) groups excluding carboxylic acids is 2. The van der Waals surface area contributed by atoms with Gasteiger partial charge < -0.3 is 10.6 Å². The predicted octanol–water partition coefficient (Wildman–Crippen LogP) is 2.78. The van der Waals surface area contributed by atoms with E-state index in [9.17, 15) is 18.8 Å². The van der Waals surface area contributed by atoms with E-state index in [2.05, 4.69) is 10.6 Å². The third-order valence-corrected chi connectivity index (χ3v) is 4.68. The molecule has 2 amide bonds. The van der Waals surface area contributed by atoms with Crippen LogP contribution >= 0.6 is 0 Å². The Morgan fingerprint density at radius 3 is 2.61 bits per heavy atom. The molecule has 2 heterocycles. The van der Waals surface area contributed by atoms with Crippen molar-refractivity contribution in [2.75, 3.05) is 5.32 Å². The van der Waals surface area contributed by atoms with Crippen molar-refractivity contribution in [1.29, 1.82) is 0 Å². The van der Waals surface area contributed by atoms with Crippen molar-refractivity contribution < 1.29 is 14.0 Å². The van der Waals surface area contributed by atoms with Gasteiger partial charge in [0.25, 0.3) is 17.4 Å². The zero-order chi connectivity index (χ0) is 19.8. The molecule has 0 radical (unpaired) electrons. The third-order valence-electron chi connectivity index (χ3n) is 4.68. The van der Waals surface area contributed by atoms with Gasteiger partial charge in [0, 0.05) is 29.7 Å². The quantitative estimate of drug-likeness (QED) is 0.737. The van der Waals surface area contributed by atoms with E-state index < -0.39 is 17.3 Å². The molecule has 0 bridgehead atoms. The summed E-state index contributed by atoms with van der Waals surface area (Å²) in [7, 11) is 0. The number of carbonyl (C=O) groups is 2. The summed E-state index contributed by atoms with van der Waals surface area (Å²) in [4.78, 5) is 37.5. The summed E-state index contributed by atoms with van der Waals surface area (Å²) in [6.07, 6.45) is 1.54. The number of nitrogens with zero attached hydrogens (tertiary/aromatic N) is 1. The Hall–Kier alpha value is -3.74. The van der Waals surface area contributed by atoms with Crippen molar-refractivity contribution in [3.63, 3.8) is 0 Å². The molecule has 0 saturated carbocycles. The molecule has 2 aromatic carbocycles. The summed E-state index contributed by atoms with van der Waals surface area (Å²) < 4.78 is 14.4. The largest absolute Gasteiger partial charge is 0.348 e. The molecular formula is C21H16FN3O3. The van der Waals surface area contributed by atoms with E-state index in [4.69, 9.17) is 0 Å². The van der Waals surface area contributed by atoms with Crippen LogP contribution in [0.3, 0.4) is 0 Å². The Balaban J connectivity index is 1.69. The molecule has 0 fully saturated rings. The lowest BCUT2D eigenvalue weighted by Crippen LogP contribution is -2.29. The minimum Gasteiger partial charge on any atom is -0.348 e. The molecule has 6 nitrogen and oxygen atoms in total. The van der Waals surface area contributed by atoms with Crippen LogP contribution in [0.1, 0.15) is 31.8 Å². The Morgan fingerprint density at radius 1 is 1.11 bits per heavy atom. The van der Waals surface area contributed by atoms with Crippen molar-refractivity contribution in [1.82, 2.24) is 9.88 Å². The number of aryl methyl sites for hydroxylation is 1. The lowest BCUT2D eigenvalue weighted by molar-refractivity contribution is 0.0964. The van der Waals surface area contributed by atoms with Gasteiger partial charge in [0.2, 0.25) is 0 Å². The fraction of sp³-hybridized carbons (Fsp3) is 0.0952. The van der Waals surface area contributed by atoms with Crippen molar-refractivity contribution in [2.24, 2.45) is 0 Å². The van der Waals surface area contributed by atoms with E-state index >= 15 is 0 Å². The highest BCUT2D eigenvalue weighted by atomic mass is 19.1. The zero-order valence-corrected chi connectivity index (χ0v) is 15.0. The van der Waals surface area contributed by atoms with Gasteiger partial charge in [-0.1, -0.05) is 6.07 Å². The summed E-state index contributed by atoms with van der Waals surface area (Å²) in [6, 6.07) is 12.1. The number of nitrogens with one attached hydrogen (secondary N) is 2. The van der Waals surface area contributed by atoms with Gasteiger partial charge in [-0.2, -0.15) is 0 Å². The first-order valence-corrected chi connectivity index (χ1v) is 8.65. The Morgan fingerprint density at radius 2 is 1.86 bits per heavy atom. The SMILES string of the molecule is Cc1ccn(-c2ccc(F)cc2)c(=O)c1C(=O)Nc1ccc2c(c1)C(=O)NC2. The van der Waals surface area contributed by atoms with E-state index in [-0.39, 0.29) is 11.5 Å². The molecule has 1 aromatic heterocycles. The van der Waals surface area contributed by atoms with Crippen molar-refractivity contribution in [2.45, 2.75) is 13.5 Å². The maximum atomic E-state index is 13.2. The van der Waals surface area contributed by atoms with E-state index in [0.29, 0.717) is 29.0 Å². The number of amides is 2. The number of pyridine rings is 1. The maximum absolute atomic E-state index is 13.2. The second kappa shape index (κ2) is 6.77. The normalized spacial score (nSPS) is 12.4. The first kappa shape index (κ1) is 17.7. The highest BCUT2D eigenvalue weighted by Gasteiger charge is 2.21. The summed E-state index contributed by atoms with van der Waals surface area (Å²) >= 11 is 0. The fourth-order valence-electron chi connectivity index (χ4n) is 3.19. The lowest BCUT2D eigenvalue weighted by Gasteiger charge is -2.12. The lowest BCUT2D eigenvalue weighted by atomic mass is 10.1. The number of anilines is 1. The minimum absolute atomic E-state index is 0.0169. The number of aromatic nitrogens is 1. The molecule has 2 N–H and O–H groups in total. The third kappa shape index (κ3) is 3.07. The summed E-state index contributed by atoms with van der Waals surface area (Å²) in [5.74, 6) is -1.18. The van der Waals surface area contributed by atoms with Crippen LogP contribution in [0, 0.1) is 12.7 Å². The highest BCUT2D eigenvalue weighted by Crippen LogP contribution is 2.21. The van der Waals surface area contributed by atoms with Gasteiger partial charge in [-0.25, -0.2) is 4.39 Å². The Bertz CT molecular complexity index is 1170. The molecule has 140 valence electrons. The van der Waals surface area contributed by atoms with Crippen LogP contribution < -0.4 is 16.2 Å². The molecule has 0 aliphatic carbocycles. The van der Waals surface area contributed by atoms with Gasteiger partial charge >= 0.3 is 0 Å².